The molecule has 3 rings (SSSR count). The van der Waals surface area contributed by atoms with Crippen LogP contribution in [0.25, 0.3) is 6.08 Å². The highest BCUT2D eigenvalue weighted by Crippen LogP contribution is 2.16. The highest BCUT2D eigenvalue weighted by atomic mass is 16.6. The molecule has 1 aliphatic heterocycles. The molecule has 0 aromatic heterocycles. The van der Waals surface area contributed by atoms with Gasteiger partial charge in [-0.05, 0) is 36.3 Å². The van der Waals surface area contributed by atoms with E-state index < -0.39 is 0 Å². The van der Waals surface area contributed by atoms with E-state index in [1.165, 1.54) is 0 Å². The molecule has 2 amide bonds. The summed E-state index contributed by atoms with van der Waals surface area (Å²) in [5, 5.41) is 0. The van der Waals surface area contributed by atoms with Crippen LogP contribution in [0.1, 0.15) is 18.1 Å². The highest BCUT2D eigenvalue weighted by molar-refractivity contribution is 5.92. The lowest BCUT2D eigenvalue weighted by molar-refractivity contribution is -0.127. The third-order valence-corrected chi connectivity index (χ3v) is 4.64. The average Bonchev–Trinajstić information content (AvgIpc) is 2.77. The minimum Gasteiger partial charge on any atom is -0.489 e. The summed E-state index contributed by atoms with van der Waals surface area (Å²) < 4.78 is 10.8. The fourth-order valence-corrected chi connectivity index (χ4v) is 3.05. The molecule has 1 fully saturated rings. The largest absolute Gasteiger partial charge is 0.489 e. The van der Waals surface area contributed by atoms with E-state index in [0.717, 1.165) is 16.9 Å². The van der Waals surface area contributed by atoms with Crippen LogP contribution in [0, 0.1) is 0 Å². The smallest absolute Gasteiger partial charge is 0.409 e. The van der Waals surface area contributed by atoms with Crippen LogP contribution >= 0.6 is 0 Å². The van der Waals surface area contributed by atoms with Gasteiger partial charge in [0.05, 0.1) is 6.61 Å². The lowest BCUT2D eigenvalue weighted by Gasteiger charge is -2.33. The van der Waals surface area contributed by atoms with Gasteiger partial charge < -0.3 is 19.3 Å². The van der Waals surface area contributed by atoms with Gasteiger partial charge in [-0.15, -0.1) is 0 Å². The first-order valence-electron chi connectivity index (χ1n) is 9.81. The fraction of sp³-hybridized carbons (Fsp3) is 0.304. The number of hydrogen-bond donors (Lipinski definition) is 0. The van der Waals surface area contributed by atoms with E-state index in [1.54, 1.807) is 28.9 Å². The van der Waals surface area contributed by atoms with Gasteiger partial charge in [-0.1, -0.05) is 42.5 Å². The zero-order valence-electron chi connectivity index (χ0n) is 16.6. The van der Waals surface area contributed by atoms with Gasteiger partial charge in [0.15, 0.2) is 0 Å². The molecule has 0 saturated carbocycles. The van der Waals surface area contributed by atoms with Crippen molar-refractivity contribution in [3.63, 3.8) is 0 Å². The summed E-state index contributed by atoms with van der Waals surface area (Å²) in [5.74, 6) is 0.690. The first kappa shape index (κ1) is 20.5. The normalized spacial score (nSPS) is 14.1. The number of carbonyl (C=O) groups excluding carboxylic acids is 2. The topological polar surface area (TPSA) is 59.1 Å². The molecule has 0 radical (unpaired) electrons. The minimum absolute atomic E-state index is 0.0656. The molecule has 6 nitrogen and oxygen atoms in total. The molecule has 152 valence electrons. The van der Waals surface area contributed by atoms with Crippen molar-refractivity contribution >= 4 is 18.1 Å². The van der Waals surface area contributed by atoms with Gasteiger partial charge in [-0.25, -0.2) is 4.79 Å². The van der Waals surface area contributed by atoms with Gasteiger partial charge in [-0.2, -0.15) is 0 Å². The number of nitrogens with zero attached hydrogens (tertiary/aromatic N) is 2. The van der Waals surface area contributed by atoms with E-state index >= 15 is 0 Å². The summed E-state index contributed by atoms with van der Waals surface area (Å²) in [4.78, 5) is 27.5. The molecule has 0 atom stereocenters. The van der Waals surface area contributed by atoms with Crippen molar-refractivity contribution in [1.29, 1.82) is 0 Å². The summed E-state index contributed by atoms with van der Waals surface area (Å²) in [6, 6.07) is 17.6. The monoisotopic (exact) mass is 394 g/mol. The summed E-state index contributed by atoms with van der Waals surface area (Å²) in [6.45, 7) is 4.61. The fourth-order valence-electron chi connectivity index (χ4n) is 3.05. The van der Waals surface area contributed by atoms with Gasteiger partial charge in [-0.3, -0.25) is 4.79 Å². The van der Waals surface area contributed by atoms with Crippen molar-refractivity contribution in [2.24, 2.45) is 0 Å². The van der Waals surface area contributed by atoms with E-state index in [1.807, 2.05) is 54.6 Å². The molecule has 2 aromatic rings. The number of amides is 2. The Labute approximate surface area is 171 Å². The first-order valence-corrected chi connectivity index (χ1v) is 9.81. The van der Waals surface area contributed by atoms with Gasteiger partial charge in [0.1, 0.15) is 12.4 Å². The molecule has 29 heavy (non-hydrogen) atoms. The lowest BCUT2D eigenvalue weighted by Crippen LogP contribution is -2.50. The predicted molar refractivity (Wildman–Crippen MR) is 111 cm³/mol. The number of rotatable bonds is 6. The molecule has 1 aliphatic rings. The van der Waals surface area contributed by atoms with E-state index in [2.05, 4.69) is 0 Å². The van der Waals surface area contributed by atoms with E-state index in [9.17, 15) is 9.59 Å². The molecular weight excluding hydrogens is 368 g/mol. The van der Waals surface area contributed by atoms with Crippen LogP contribution in [0.2, 0.25) is 0 Å². The summed E-state index contributed by atoms with van der Waals surface area (Å²) in [6.07, 6.45) is 3.04. The van der Waals surface area contributed by atoms with Crippen LogP contribution in [0.3, 0.4) is 0 Å². The van der Waals surface area contributed by atoms with Gasteiger partial charge in [0, 0.05) is 32.3 Å². The molecule has 0 bridgehead atoms. The zero-order chi connectivity index (χ0) is 20.5. The van der Waals surface area contributed by atoms with E-state index in [-0.39, 0.29) is 12.0 Å². The maximum absolute atomic E-state index is 12.4. The average molecular weight is 394 g/mol. The summed E-state index contributed by atoms with van der Waals surface area (Å²) in [7, 11) is 0. The number of piperazine rings is 1. The number of ether oxygens (including phenoxy) is 2. The van der Waals surface area contributed by atoms with Crippen LogP contribution in [0.4, 0.5) is 4.79 Å². The highest BCUT2D eigenvalue weighted by Gasteiger charge is 2.23. The van der Waals surface area contributed by atoms with Crippen LogP contribution in [0.15, 0.2) is 60.7 Å². The molecule has 0 spiro atoms. The molecular formula is C23H26N2O4. The molecule has 0 aliphatic carbocycles. The third-order valence-electron chi connectivity index (χ3n) is 4.64. The maximum atomic E-state index is 12.4. The second-order valence-corrected chi connectivity index (χ2v) is 6.69. The third kappa shape index (κ3) is 6.10. The maximum Gasteiger partial charge on any atom is 0.409 e. The van der Waals surface area contributed by atoms with Gasteiger partial charge in [0.25, 0.3) is 0 Å². The van der Waals surface area contributed by atoms with Crippen LogP contribution in [-0.4, -0.2) is 54.6 Å². The Morgan fingerprint density at radius 3 is 2.41 bits per heavy atom. The Bertz CT molecular complexity index is 843. The Morgan fingerprint density at radius 2 is 1.69 bits per heavy atom. The van der Waals surface area contributed by atoms with Crippen molar-refractivity contribution < 1.29 is 19.1 Å². The van der Waals surface area contributed by atoms with Gasteiger partial charge in [0.2, 0.25) is 5.91 Å². The minimum atomic E-state index is -0.317. The summed E-state index contributed by atoms with van der Waals surface area (Å²) in [5.41, 5.74) is 2.00. The number of benzene rings is 2. The van der Waals surface area contributed by atoms with Crippen molar-refractivity contribution in [3.8, 4) is 5.75 Å². The van der Waals surface area contributed by atoms with E-state index in [4.69, 9.17) is 9.47 Å². The quantitative estimate of drug-likeness (QED) is 0.703. The lowest BCUT2D eigenvalue weighted by atomic mass is 10.2. The molecule has 6 heteroatoms. The number of hydrogen-bond acceptors (Lipinski definition) is 4. The Hall–Kier alpha value is -3.28. The van der Waals surface area contributed by atoms with Crippen LogP contribution in [-0.2, 0) is 16.1 Å². The second-order valence-electron chi connectivity index (χ2n) is 6.69. The zero-order valence-corrected chi connectivity index (χ0v) is 16.6. The van der Waals surface area contributed by atoms with Crippen LogP contribution in [0.5, 0.6) is 5.75 Å². The standard InChI is InChI=1S/C23H26N2O4/c1-2-28-23(27)25-15-13-24(14-16-25)22(26)12-11-19-9-6-10-21(17-19)29-18-20-7-4-3-5-8-20/h3-12,17H,2,13-16,18H2,1H3/b12-11+. The Kier molecular flexibility index (Phi) is 7.28. The summed E-state index contributed by atoms with van der Waals surface area (Å²) >= 11 is 0. The predicted octanol–water partition coefficient (Wildman–Crippen LogP) is 3.58. The van der Waals surface area contributed by atoms with Gasteiger partial charge >= 0.3 is 6.09 Å². The van der Waals surface area contributed by atoms with E-state index in [0.29, 0.717) is 39.4 Å². The molecule has 1 heterocycles. The second kappa shape index (κ2) is 10.3. The van der Waals surface area contributed by atoms with Crippen molar-refractivity contribution in [2.45, 2.75) is 13.5 Å². The SMILES string of the molecule is CCOC(=O)N1CCN(C(=O)/C=C/c2cccc(OCc3ccccc3)c2)CC1. The van der Waals surface area contributed by atoms with Crippen molar-refractivity contribution in [2.75, 3.05) is 32.8 Å². The molecule has 0 N–H and O–H groups in total. The van der Waals surface area contributed by atoms with Crippen molar-refractivity contribution in [3.05, 3.63) is 71.8 Å². The Morgan fingerprint density at radius 1 is 0.966 bits per heavy atom. The van der Waals surface area contributed by atoms with Crippen molar-refractivity contribution in [1.82, 2.24) is 9.80 Å². The Balaban J connectivity index is 1.51. The molecule has 0 unspecified atom stereocenters. The molecule has 1 saturated heterocycles. The number of carbonyl (C=O) groups is 2. The first-order chi connectivity index (χ1) is 14.2. The molecule has 2 aromatic carbocycles. The van der Waals surface area contributed by atoms with Crippen LogP contribution < -0.4 is 4.74 Å².